The molecule has 6 nitrogen and oxygen atoms in total. The molecule has 0 bridgehead atoms. The summed E-state index contributed by atoms with van der Waals surface area (Å²) >= 11 is 0. The van der Waals surface area contributed by atoms with Crippen molar-refractivity contribution < 1.29 is 28.5 Å². The fraction of sp³-hybridized carbons (Fsp3) is 0.667. The predicted octanol–water partition coefficient (Wildman–Crippen LogP) is 1.71. The second kappa shape index (κ2) is 13.6. The Bertz CT molecular complexity index is 313. The zero-order valence-corrected chi connectivity index (χ0v) is 13.0. The van der Waals surface area contributed by atoms with Crippen LogP contribution in [-0.4, -0.2) is 58.8 Å². The van der Waals surface area contributed by atoms with Gasteiger partial charge in [-0.15, -0.1) is 0 Å². The number of hydrogen-bond donors (Lipinski definition) is 0. The van der Waals surface area contributed by atoms with Crippen molar-refractivity contribution in [3.63, 3.8) is 0 Å². The van der Waals surface area contributed by atoms with Crippen molar-refractivity contribution in [1.29, 1.82) is 0 Å². The summed E-state index contributed by atoms with van der Waals surface area (Å²) in [7, 11) is 0. The van der Waals surface area contributed by atoms with E-state index in [1.807, 2.05) is 0 Å². The Morgan fingerprint density at radius 2 is 1.10 bits per heavy atom. The highest BCUT2D eigenvalue weighted by Crippen LogP contribution is 1.92. The number of rotatable bonds is 14. The van der Waals surface area contributed by atoms with Crippen LogP contribution < -0.4 is 0 Å². The lowest BCUT2D eigenvalue weighted by molar-refractivity contribution is -0.140. The van der Waals surface area contributed by atoms with Crippen molar-refractivity contribution in [2.45, 2.75) is 13.8 Å². The maximum atomic E-state index is 11.0. The molecular weight excluding hydrogens is 276 g/mol. The van der Waals surface area contributed by atoms with Gasteiger partial charge in [-0.05, 0) is 13.8 Å². The van der Waals surface area contributed by atoms with Crippen LogP contribution in [-0.2, 0) is 28.5 Å². The topological polar surface area (TPSA) is 63.2 Å². The van der Waals surface area contributed by atoms with Crippen LogP contribution >= 0.6 is 0 Å². The smallest absolute Gasteiger partial charge is 0.333 e. The van der Waals surface area contributed by atoms with Gasteiger partial charge in [0.05, 0.1) is 45.4 Å². The number of carbonyl (C=O) groups excluding carboxylic acids is 1. The lowest BCUT2D eigenvalue weighted by Gasteiger charge is -2.08. The molecule has 0 atom stereocenters. The molecule has 0 N–H and O–H groups in total. The van der Waals surface area contributed by atoms with Gasteiger partial charge in [0.2, 0.25) is 0 Å². The Labute approximate surface area is 126 Å². The number of esters is 1. The second-order valence-corrected chi connectivity index (χ2v) is 4.30. The van der Waals surface area contributed by atoms with E-state index in [0.717, 1.165) is 0 Å². The van der Waals surface area contributed by atoms with Crippen molar-refractivity contribution in [2.24, 2.45) is 0 Å². The zero-order valence-electron chi connectivity index (χ0n) is 13.0. The van der Waals surface area contributed by atoms with Crippen molar-refractivity contribution >= 4 is 5.97 Å². The lowest BCUT2D eigenvalue weighted by atomic mass is 10.4. The first-order valence-corrected chi connectivity index (χ1v) is 6.88. The van der Waals surface area contributed by atoms with E-state index in [0.29, 0.717) is 57.6 Å². The average Bonchev–Trinajstić information content (AvgIpc) is 2.43. The Hall–Kier alpha value is -1.37. The van der Waals surface area contributed by atoms with Crippen LogP contribution in [0.3, 0.4) is 0 Å². The Morgan fingerprint density at radius 3 is 1.48 bits per heavy atom. The molecule has 0 aromatic heterocycles. The molecule has 0 amide bonds. The molecule has 0 spiro atoms. The van der Waals surface area contributed by atoms with Crippen molar-refractivity contribution in [1.82, 2.24) is 0 Å². The van der Waals surface area contributed by atoms with Crippen molar-refractivity contribution in [3.8, 4) is 0 Å². The molecule has 0 unspecified atom stereocenters. The van der Waals surface area contributed by atoms with E-state index in [9.17, 15) is 4.79 Å². The molecule has 0 aliphatic carbocycles. The fourth-order valence-corrected chi connectivity index (χ4v) is 1.13. The first-order valence-electron chi connectivity index (χ1n) is 6.88. The number of carbonyl (C=O) groups is 1. The SMILES string of the molecule is C=C(C)OCCOCCOCCOCCOC(=O)C(=C)C. The minimum Gasteiger partial charge on any atom is -0.496 e. The summed E-state index contributed by atoms with van der Waals surface area (Å²) in [6.07, 6.45) is 0. The molecule has 0 fully saturated rings. The van der Waals surface area contributed by atoms with Crippen molar-refractivity contribution in [2.75, 3.05) is 52.9 Å². The Morgan fingerprint density at radius 1 is 0.714 bits per heavy atom. The molecule has 0 aliphatic heterocycles. The van der Waals surface area contributed by atoms with Gasteiger partial charge in [0, 0.05) is 5.57 Å². The van der Waals surface area contributed by atoms with E-state index in [2.05, 4.69) is 13.2 Å². The zero-order chi connectivity index (χ0) is 15.9. The van der Waals surface area contributed by atoms with Gasteiger partial charge in [0.25, 0.3) is 0 Å². The monoisotopic (exact) mass is 302 g/mol. The van der Waals surface area contributed by atoms with E-state index in [4.69, 9.17) is 23.7 Å². The quantitative estimate of drug-likeness (QED) is 0.211. The molecule has 0 aromatic carbocycles. The Balaban J connectivity index is 3.11. The molecule has 0 saturated carbocycles. The standard InChI is InChI=1S/C15H26O6/c1-13(2)15(16)21-12-10-19-8-6-17-5-7-18-9-11-20-14(3)4/h1,3,5-12H2,2,4H3. The third-order valence-electron chi connectivity index (χ3n) is 2.13. The van der Waals surface area contributed by atoms with Gasteiger partial charge in [-0.25, -0.2) is 4.79 Å². The highest BCUT2D eigenvalue weighted by molar-refractivity contribution is 5.86. The van der Waals surface area contributed by atoms with Gasteiger partial charge in [-0.2, -0.15) is 0 Å². The summed E-state index contributed by atoms with van der Waals surface area (Å²) in [5.41, 5.74) is 0.381. The highest BCUT2D eigenvalue weighted by Gasteiger charge is 2.01. The molecular formula is C15H26O6. The van der Waals surface area contributed by atoms with E-state index >= 15 is 0 Å². The average molecular weight is 302 g/mol. The molecule has 0 saturated heterocycles. The molecule has 0 radical (unpaired) electrons. The molecule has 0 rings (SSSR count). The molecule has 0 aromatic rings. The number of hydrogen-bond acceptors (Lipinski definition) is 6. The van der Waals surface area contributed by atoms with Crippen LogP contribution in [0.1, 0.15) is 13.8 Å². The number of allylic oxidation sites excluding steroid dienone is 1. The molecule has 0 aliphatic rings. The summed E-state index contributed by atoms with van der Waals surface area (Å²) in [6, 6.07) is 0. The highest BCUT2D eigenvalue weighted by atomic mass is 16.6. The molecule has 6 heteroatoms. The summed E-state index contributed by atoms with van der Waals surface area (Å²) < 4.78 is 25.8. The molecule has 21 heavy (non-hydrogen) atoms. The van der Waals surface area contributed by atoms with Crippen LogP contribution in [0.5, 0.6) is 0 Å². The third kappa shape index (κ3) is 14.8. The molecule has 0 heterocycles. The van der Waals surface area contributed by atoms with Crippen LogP contribution in [0, 0.1) is 0 Å². The Kier molecular flexibility index (Phi) is 12.7. The normalized spacial score (nSPS) is 10.2. The second-order valence-electron chi connectivity index (χ2n) is 4.30. The minimum atomic E-state index is -0.400. The van der Waals surface area contributed by atoms with Crippen LogP contribution in [0.2, 0.25) is 0 Å². The van der Waals surface area contributed by atoms with E-state index in [1.54, 1.807) is 13.8 Å². The lowest BCUT2D eigenvalue weighted by Crippen LogP contribution is -2.14. The third-order valence-corrected chi connectivity index (χ3v) is 2.13. The first-order chi connectivity index (χ1) is 10.0. The summed E-state index contributed by atoms with van der Waals surface area (Å²) in [6.45, 7) is 14.0. The predicted molar refractivity (Wildman–Crippen MR) is 79.0 cm³/mol. The van der Waals surface area contributed by atoms with Gasteiger partial charge in [0.1, 0.15) is 13.2 Å². The first kappa shape index (κ1) is 19.6. The van der Waals surface area contributed by atoms with Crippen LogP contribution in [0.15, 0.2) is 24.5 Å². The van der Waals surface area contributed by atoms with Crippen molar-refractivity contribution in [3.05, 3.63) is 24.5 Å². The van der Waals surface area contributed by atoms with E-state index < -0.39 is 5.97 Å². The minimum absolute atomic E-state index is 0.220. The van der Waals surface area contributed by atoms with Gasteiger partial charge in [-0.1, -0.05) is 13.2 Å². The summed E-state index contributed by atoms with van der Waals surface area (Å²) in [5.74, 6) is 0.281. The van der Waals surface area contributed by atoms with Crippen LogP contribution in [0.4, 0.5) is 0 Å². The van der Waals surface area contributed by atoms with Gasteiger partial charge in [-0.3, -0.25) is 0 Å². The van der Waals surface area contributed by atoms with E-state index in [1.165, 1.54) is 0 Å². The van der Waals surface area contributed by atoms with Gasteiger partial charge < -0.3 is 23.7 Å². The maximum Gasteiger partial charge on any atom is 0.333 e. The summed E-state index contributed by atoms with van der Waals surface area (Å²) in [4.78, 5) is 11.0. The largest absolute Gasteiger partial charge is 0.496 e. The fourth-order valence-electron chi connectivity index (χ4n) is 1.13. The van der Waals surface area contributed by atoms with Gasteiger partial charge >= 0.3 is 5.97 Å². The van der Waals surface area contributed by atoms with Gasteiger partial charge in [0.15, 0.2) is 0 Å². The van der Waals surface area contributed by atoms with E-state index in [-0.39, 0.29) is 6.61 Å². The summed E-state index contributed by atoms with van der Waals surface area (Å²) in [5, 5.41) is 0. The van der Waals surface area contributed by atoms with Crippen LogP contribution in [0.25, 0.3) is 0 Å². The maximum absolute atomic E-state index is 11.0. The molecule has 122 valence electrons. The number of ether oxygens (including phenoxy) is 5.